The van der Waals surface area contributed by atoms with Gasteiger partial charge in [-0.2, -0.15) is 5.26 Å². The predicted octanol–water partition coefficient (Wildman–Crippen LogP) is 5.04. The van der Waals surface area contributed by atoms with Crippen LogP contribution in [0.5, 0.6) is 0 Å². The first-order valence-corrected chi connectivity index (χ1v) is 14.7. The summed E-state index contributed by atoms with van der Waals surface area (Å²) in [6.07, 6.45) is 2.52. The van der Waals surface area contributed by atoms with Crippen molar-refractivity contribution in [1.29, 1.82) is 5.26 Å². The number of hydrogen-bond donors (Lipinski definition) is 2. The maximum absolute atomic E-state index is 13.3. The summed E-state index contributed by atoms with van der Waals surface area (Å²) in [6, 6.07) is 15.9. The van der Waals surface area contributed by atoms with E-state index in [0.29, 0.717) is 40.0 Å². The number of anilines is 2. The largest absolute Gasteiger partial charge is 0.384 e. The van der Waals surface area contributed by atoms with Crippen LogP contribution in [0.3, 0.4) is 0 Å². The van der Waals surface area contributed by atoms with Crippen molar-refractivity contribution >= 4 is 51.3 Å². The number of ketones is 1. The van der Waals surface area contributed by atoms with E-state index in [2.05, 4.69) is 28.5 Å². The third-order valence-electron chi connectivity index (χ3n) is 6.89. The van der Waals surface area contributed by atoms with Gasteiger partial charge in [0.25, 0.3) is 5.69 Å². The molecule has 1 aromatic heterocycles. The van der Waals surface area contributed by atoms with Crippen molar-refractivity contribution < 1.29 is 14.5 Å². The zero-order valence-corrected chi connectivity index (χ0v) is 23.6. The van der Waals surface area contributed by atoms with Gasteiger partial charge in [0.1, 0.15) is 5.82 Å². The standard InChI is InChI=1S/C28H25N7O4S2/c1-2-16-9-11-17(12-10-16)24-20(14-29)26(30)34(21-7-4-8-22(36)25(21)24)27-32-33-28(41-27)40-15-23(37)31-18-5-3-6-19(13-18)35(38)39/h3,5-6,9-13,24H,2,4,7-8,15,30H2,1H3,(H,31,37). The Morgan fingerprint density at radius 3 is 2.76 bits per heavy atom. The fourth-order valence-electron chi connectivity index (χ4n) is 4.96. The number of aryl methyl sites for hydroxylation is 1. The number of nitriles is 1. The highest BCUT2D eigenvalue weighted by atomic mass is 32.2. The summed E-state index contributed by atoms with van der Waals surface area (Å²) in [5.74, 6) is -0.728. The topological polar surface area (TPSA) is 168 Å². The Bertz CT molecular complexity index is 1640. The summed E-state index contributed by atoms with van der Waals surface area (Å²) in [4.78, 5) is 37.9. The van der Waals surface area contributed by atoms with E-state index >= 15 is 0 Å². The summed E-state index contributed by atoms with van der Waals surface area (Å²) in [5, 5.41) is 32.7. The molecule has 2 aromatic carbocycles. The van der Waals surface area contributed by atoms with Crippen LogP contribution in [0.1, 0.15) is 43.2 Å². The number of rotatable bonds is 8. The smallest absolute Gasteiger partial charge is 0.271 e. The number of nitrogens with zero attached hydrogens (tertiary/aromatic N) is 5. The van der Waals surface area contributed by atoms with E-state index in [1.807, 2.05) is 24.3 Å². The Morgan fingerprint density at radius 1 is 1.27 bits per heavy atom. The average Bonchev–Trinajstić information content (AvgIpc) is 3.44. The van der Waals surface area contributed by atoms with Crippen molar-refractivity contribution in [1.82, 2.24) is 10.2 Å². The quantitative estimate of drug-likeness (QED) is 0.207. The number of nitro groups is 1. The lowest BCUT2D eigenvalue weighted by molar-refractivity contribution is -0.384. The van der Waals surface area contributed by atoms with Crippen LogP contribution < -0.4 is 16.0 Å². The predicted molar refractivity (Wildman–Crippen MR) is 156 cm³/mol. The zero-order chi connectivity index (χ0) is 29.1. The second-order valence-corrected chi connectivity index (χ2v) is 11.6. The van der Waals surface area contributed by atoms with Gasteiger partial charge >= 0.3 is 0 Å². The van der Waals surface area contributed by atoms with Gasteiger partial charge in [0.15, 0.2) is 10.1 Å². The van der Waals surface area contributed by atoms with E-state index in [-0.39, 0.29) is 34.5 Å². The summed E-state index contributed by atoms with van der Waals surface area (Å²) in [7, 11) is 0. The number of Topliss-reactive ketones (excluding diaryl/α,β-unsaturated/α-hetero) is 1. The molecule has 1 amide bonds. The number of nitrogens with one attached hydrogen (secondary N) is 1. The number of nitrogens with two attached hydrogens (primary N) is 1. The van der Waals surface area contributed by atoms with E-state index in [9.17, 15) is 25.0 Å². The zero-order valence-electron chi connectivity index (χ0n) is 22.0. The van der Waals surface area contributed by atoms with Crippen LogP contribution in [0.4, 0.5) is 16.5 Å². The number of aromatic nitrogens is 2. The molecule has 3 N–H and O–H groups in total. The Balaban J connectivity index is 1.39. The Kier molecular flexibility index (Phi) is 8.14. The third kappa shape index (κ3) is 5.70. The molecule has 208 valence electrons. The molecule has 2 heterocycles. The summed E-state index contributed by atoms with van der Waals surface area (Å²) >= 11 is 2.35. The maximum atomic E-state index is 13.3. The molecule has 0 saturated carbocycles. The third-order valence-corrected chi connectivity index (χ3v) is 8.93. The minimum atomic E-state index is -0.552. The molecule has 3 aromatic rings. The molecule has 0 saturated heterocycles. The highest BCUT2D eigenvalue weighted by Crippen LogP contribution is 2.47. The Morgan fingerprint density at radius 2 is 2.05 bits per heavy atom. The minimum absolute atomic E-state index is 0.00560. The number of allylic oxidation sites excluding steroid dienone is 3. The monoisotopic (exact) mass is 587 g/mol. The van der Waals surface area contributed by atoms with Crippen LogP contribution >= 0.6 is 23.1 Å². The second-order valence-electron chi connectivity index (χ2n) is 9.41. The van der Waals surface area contributed by atoms with Crippen LogP contribution in [0, 0.1) is 21.4 Å². The molecule has 1 unspecified atom stereocenters. The van der Waals surface area contributed by atoms with Gasteiger partial charge in [-0.05, 0) is 36.5 Å². The van der Waals surface area contributed by atoms with E-state index in [1.54, 1.807) is 11.0 Å². The molecule has 0 bridgehead atoms. The maximum Gasteiger partial charge on any atom is 0.271 e. The average molecular weight is 588 g/mol. The first-order valence-electron chi connectivity index (χ1n) is 12.9. The van der Waals surface area contributed by atoms with Crippen molar-refractivity contribution in [3.05, 3.63) is 92.4 Å². The fourth-order valence-corrected chi connectivity index (χ4v) is 6.64. The number of non-ortho nitro benzene ring substituents is 1. The molecule has 11 nitrogen and oxygen atoms in total. The highest BCUT2D eigenvalue weighted by molar-refractivity contribution is 8.01. The van der Waals surface area contributed by atoms with Crippen molar-refractivity contribution in [2.24, 2.45) is 5.73 Å². The Labute approximate surface area is 243 Å². The van der Waals surface area contributed by atoms with Gasteiger partial charge in [-0.1, -0.05) is 60.4 Å². The van der Waals surface area contributed by atoms with Crippen LogP contribution in [-0.4, -0.2) is 32.6 Å². The number of carbonyl (C=O) groups is 2. The SMILES string of the molecule is CCc1ccc(C2C(C#N)=C(N)N(c3nnc(SCC(=O)Nc4cccc([N+](=O)[O-])c4)s3)C3=C2C(=O)CCC3)cc1. The lowest BCUT2D eigenvalue weighted by atomic mass is 9.75. The van der Waals surface area contributed by atoms with E-state index in [0.717, 1.165) is 35.0 Å². The summed E-state index contributed by atoms with van der Waals surface area (Å²) < 4.78 is 0.488. The molecule has 1 aliphatic heterocycles. The minimum Gasteiger partial charge on any atom is -0.384 e. The van der Waals surface area contributed by atoms with Gasteiger partial charge in [0.05, 0.1) is 28.2 Å². The van der Waals surface area contributed by atoms with Crippen LogP contribution in [0.15, 0.2) is 75.5 Å². The first-order chi connectivity index (χ1) is 19.8. The normalized spacial score (nSPS) is 16.8. The van der Waals surface area contributed by atoms with Crippen molar-refractivity contribution in [3.8, 4) is 6.07 Å². The number of nitro benzene ring substituents is 1. The lowest BCUT2D eigenvalue weighted by Crippen LogP contribution is -2.38. The molecule has 13 heteroatoms. The molecular formula is C28H25N7O4S2. The second kappa shape index (κ2) is 11.9. The van der Waals surface area contributed by atoms with Crippen molar-refractivity contribution in [2.45, 2.75) is 42.9 Å². The van der Waals surface area contributed by atoms with Gasteiger partial charge in [-0.15, -0.1) is 10.2 Å². The van der Waals surface area contributed by atoms with Gasteiger partial charge in [0.2, 0.25) is 11.0 Å². The molecule has 1 aliphatic carbocycles. The molecule has 1 atom stereocenters. The number of carbonyl (C=O) groups excluding carboxylic acids is 2. The van der Waals surface area contributed by atoms with Gasteiger partial charge in [0, 0.05) is 35.5 Å². The number of benzene rings is 2. The lowest BCUT2D eigenvalue weighted by Gasteiger charge is -2.38. The molecule has 41 heavy (non-hydrogen) atoms. The molecule has 0 radical (unpaired) electrons. The molecule has 0 fully saturated rings. The van der Waals surface area contributed by atoms with Gasteiger partial charge in [-0.25, -0.2) is 0 Å². The van der Waals surface area contributed by atoms with Crippen molar-refractivity contribution in [2.75, 3.05) is 16.0 Å². The highest BCUT2D eigenvalue weighted by Gasteiger charge is 2.41. The fraction of sp³-hybridized carbons (Fsp3) is 0.250. The number of hydrogen-bond acceptors (Lipinski definition) is 11. The van der Waals surface area contributed by atoms with Crippen molar-refractivity contribution in [3.63, 3.8) is 0 Å². The molecule has 2 aliphatic rings. The Hall–Kier alpha value is -4.54. The summed E-state index contributed by atoms with van der Waals surface area (Å²) in [5.41, 5.74) is 10.4. The van der Waals surface area contributed by atoms with Crippen LogP contribution in [0.25, 0.3) is 0 Å². The van der Waals surface area contributed by atoms with E-state index in [4.69, 9.17) is 5.73 Å². The van der Waals surface area contributed by atoms with E-state index in [1.165, 1.54) is 29.5 Å². The molecule has 5 rings (SSSR count). The van der Waals surface area contributed by atoms with Gasteiger partial charge in [-0.3, -0.25) is 24.6 Å². The first kappa shape index (κ1) is 28.0. The molecular weight excluding hydrogens is 562 g/mol. The van der Waals surface area contributed by atoms with Crippen LogP contribution in [0.2, 0.25) is 0 Å². The number of amides is 1. The van der Waals surface area contributed by atoms with Crippen LogP contribution in [-0.2, 0) is 16.0 Å². The summed E-state index contributed by atoms with van der Waals surface area (Å²) in [6.45, 7) is 2.07. The molecule has 0 spiro atoms. The van der Waals surface area contributed by atoms with Gasteiger partial charge < -0.3 is 11.1 Å². The number of thioether (sulfide) groups is 1. The van der Waals surface area contributed by atoms with E-state index < -0.39 is 10.8 Å².